The zero-order chi connectivity index (χ0) is 16.8. The van der Waals surface area contributed by atoms with Crippen molar-refractivity contribution in [2.75, 3.05) is 19.7 Å². The van der Waals surface area contributed by atoms with Gasteiger partial charge in [-0.15, -0.1) is 0 Å². The Kier molecular flexibility index (Phi) is 6.10. The number of aliphatic hydroxyl groups is 1. The third-order valence-electron chi connectivity index (χ3n) is 5.04. The Morgan fingerprint density at radius 2 is 1.92 bits per heavy atom. The number of amides is 1. The van der Waals surface area contributed by atoms with Gasteiger partial charge in [-0.05, 0) is 43.6 Å². The number of benzene rings is 1. The molecule has 1 aromatic carbocycles. The van der Waals surface area contributed by atoms with E-state index in [2.05, 4.69) is 5.32 Å². The highest BCUT2D eigenvalue weighted by Crippen LogP contribution is 2.27. The Balaban J connectivity index is 1.42. The van der Waals surface area contributed by atoms with Crippen molar-refractivity contribution < 1.29 is 14.6 Å². The van der Waals surface area contributed by atoms with Gasteiger partial charge in [0.25, 0.3) is 0 Å². The van der Waals surface area contributed by atoms with Crippen LogP contribution in [0.5, 0.6) is 0 Å². The van der Waals surface area contributed by atoms with Crippen LogP contribution in [0.2, 0.25) is 0 Å². The van der Waals surface area contributed by atoms with Gasteiger partial charge < -0.3 is 20.1 Å². The molecule has 24 heavy (non-hydrogen) atoms. The number of aliphatic hydroxyl groups excluding tert-OH is 1. The van der Waals surface area contributed by atoms with Crippen LogP contribution in [0, 0.1) is 5.92 Å². The van der Waals surface area contributed by atoms with E-state index in [0.717, 1.165) is 37.9 Å². The number of hydrogen-bond acceptors (Lipinski definition) is 4. The summed E-state index contributed by atoms with van der Waals surface area (Å²) in [6, 6.07) is 10.8. The number of hydrogen-bond donors (Lipinski definition) is 2. The number of nitrogens with one attached hydrogen (secondary N) is 1. The number of piperidine rings is 1. The number of carbonyl (C=O) groups excluding carboxylic acids is 1. The number of rotatable bonds is 7. The SMILES string of the molecule is O=C(OCc1ccccc1)N1CCC(C(CCO)NC2CC2)CC1. The summed E-state index contributed by atoms with van der Waals surface area (Å²) < 4.78 is 5.42. The van der Waals surface area contributed by atoms with Crippen LogP contribution in [0.4, 0.5) is 4.79 Å². The summed E-state index contributed by atoms with van der Waals surface area (Å²) in [7, 11) is 0. The van der Waals surface area contributed by atoms with E-state index in [9.17, 15) is 9.90 Å². The summed E-state index contributed by atoms with van der Waals surface area (Å²) in [6.07, 6.45) is 5.06. The quantitative estimate of drug-likeness (QED) is 0.805. The Labute approximate surface area is 144 Å². The van der Waals surface area contributed by atoms with Crippen LogP contribution in [0.15, 0.2) is 30.3 Å². The Morgan fingerprint density at radius 1 is 1.21 bits per heavy atom. The molecule has 1 aromatic rings. The number of likely N-dealkylation sites (tertiary alicyclic amines) is 1. The minimum Gasteiger partial charge on any atom is -0.445 e. The highest BCUT2D eigenvalue weighted by Gasteiger charge is 2.32. The number of ether oxygens (including phenoxy) is 1. The lowest BCUT2D eigenvalue weighted by molar-refractivity contribution is 0.0761. The van der Waals surface area contributed by atoms with E-state index in [-0.39, 0.29) is 12.7 Å². The van der Waals surface area contributed by atoms with Crippen molar-refractivity contribution in [1.29, 1.82) is 0 Å². The second-order valence-corrected chi connectivity index (χ2v) is 6.92. The summed E-state index contributed by atoms with van der Waals surface area (Å²) in [5.41, 5.74) is 1.01. The normalized spacial score (nSPS) is 20.0. The lowest BCUT2D eigenvalue weighted by Gasteiger charge is -2.36. The Bertz CT molecular complexity index is 511. The molecule has 0 aromatic heterocycles. The van der Waals surface area contributed by atoms with E-state index in [1.165, 1.54) is 12.8 Å². The topological polar surface area (TPSA) is 61.8 Å². The zero-order valence-corrected chi connectivity index (χ0v) is 14.2. The van der Waals surface area contributed by atoms with Crippen LogP contribution in [0.1, 0.15) is 37.7 Å². The summed E-state index contributed by atoms with van der Waals surface area (Å²) in [5, 5.41) is 13.0. The average Bonchev–Trinajstić information content (AvgIpc) is 3.44. The first-order chi connectivity index (χ1) is 11.8. The zero-order valence-electron chi connectivity index (χ0n) is 14.2. The Hall–Kier alpha value is -1.59. The molecule has 5 nitrogen and oxygen atoms in total. The summed E-state index contributed by atoms with van der Waals surface area (Å²) in [4.78, 5) is 14.0. The van der Waals surface area contributed by atoms with Gasteiger partial charge in [-0.25, -0.2) is 4.79 Å². The van der Waals surface area contributed by atoms with Crippen LogP contribution in [-0.4, -0.2) is 47.9 Å². The van der Waals surface area contributed by atoms with Gasteiger partial charge in [-0.3, -0.25) is 0 Å². The van der Waals surface area contributed by atoms with Gasteiger partial charge in [0.15, 0.2) is 0 Å². The van der Waals surface area contributed by atoms with Crippen LogP contribution < -0.4 is 5.32 Å². The second-order valence-electron chi connectivity index (χ2n) is 6.92. The molecular formula is C19H28N2O3. The summed E-state index contributed by atoms with van der Waals surface area (Å²) >= 11 is 0. The van der Waals surface area contributed by atoms with Crippen LogP contribution in [-0.2, 0) is 11.3 Å². The van der Waals surface area contributed by atoms with Gasteiger partial charge in [0.05, 0.1) is 0 Å². The van der Waals surface area contributed by atoms with Gasteiger partial charge in [0.2, 0.25) is 0 Å². The first-order valence-corrected chi connectivity index (χ1v) is 9.09. The number of nitrogens with zero attached hydrogens (tertiary/aromatic N) is 1. The average molecular weight is 332 g/mol. The summed E-state index contributed by atoms with van der Waals surface area (Å²) in [5.74, 6) is 0.538. The fraction of sp³-hybridized carbons (Fsp3) is 0.632. The molecule has 1 aliphatic heterocycles. The molecule has 3 rings (SSSR count). The van der Waals surface area contributed by atoms with E-state index >= 15 is 0 Å². The minimum absolute atomic E-state index is 0.217. The first-order valence-electron chi connectivity index (χ1n) is 9.09. The molecule has 1 aliphatic carbocycles. The van der Waals surface area contributed by atoms with Crippen LogP contribution >= 0.6 is 0 Å². The molecule has 1 heterocycles. The molecule has 132 valence electrons. The van der Waals surface area contributed by atoms with Crippen molar-refractivity contribution in [3.8, 4) is 0 Å². The molecule has 1 saturated carbocycles. The molecule has 2 N–H and O–H groups in total. The molecule has 5 heteroatoms. The molecule has 1 saturated heterocycles. The van der Waals surface area contributed by atoms with Gasteiger partial charge in [-0.2, -0.15) is 0 Å². The molecule has 0 radical (unpaired) electrons. The van der Waals surface area contributed by atoms with E-state index in [4.69, 9.17) is 4.74 Å². The fourth-order valence-electron chi connectivity index (χ4n) is 3.44. The molecular weight excluding hydrogens is 304 g/mol. The monoisotopic (exact) mass is 332 g/mol. The van der Waals surface area contributed by atoms with Crippen molar-refractivity contribution >= 4 is 6.09 Å². The van der Waals surface area contributed by atoms with Gasteiger partial charge in [0.1, 0.15) is 6.61 Å². The second kappa shape index (κ2) is 8.49. The molecule has 0 spiro atoms. The van der Waals surface area contributed by atoms with E-state index in [1.807, 2.05) is 35.2 Å². The van der Waals surface area contributed by atoms with Crippen molar-refractivity contribution in [3.05, 3.63) is 35.9 Å². The van der Waals surface area contributed by atoms with E-state index in [0.29, 0.717) is 24.6 Å². The van der Waals surface area contributed by atoms with Gasteiger partial charge >= 0.3 is 6.09 Å². The fourth-order valence-corrected chi connectivity index (χ4v) is 3.44. The molecule has 1 unspecified atom stereocenters. The minimum atomic E-state index is -0.217. The highest BCUT2D eigenvalue weighted by molar-refractivity contribution is 5.67. The van der Waals surface area contributed by atoms with E-state index in [1.54, 1.807) is 0 Å². The highest BCUT2D eigenvalue weighted by atomic mass is 16.6. The standard InChI is InChI=1S/C19H28N2O3/c22-13-10-18(20-17-6-7-17)16-8-11-21(12-9-16)19(23)24-14-15-4-2-1-3-5-15/h1-5,16-18,20,22H,6-14H2. The lowest BCUT2D eigenvalue weighted by atomic mass is 9.87. The van der Waals surface area contributed by atoms with Crippen LogP contribution in [0.3, 0.4) is 0 Å². The maximum absolute atomic E-state index is 12.2. The molecule has 2 aliphatic rings. The predicted molar refractivity (Wildman–Crippen MR) is 92.6 cm³/mol. The molecule has 1 amide bonds. The van der Waals surface area contributed by atoms with Crippen LogP contribution in [0.25, 0.3) is 0 Å². The molecule has 1 atom stereocenters. The van der Waals surface area contributed by atoms with Gasteiger partial charge in [0, 0.05) is 31.8 Å². The number of carbonyl (C=O) groups is 1. The van der Waals surface area contributed by atoms with Crippen molar-refractivity contribution in [3.63, 3.8) is 0 Å². The third kappa shape index (κ3) is 4.95. The van der Waals surface area contributed by atoms with Crippen molar-refractivity contribution in [1.82, 2.24) is 10.2 Å². The van der Waals surface area contributed by atoms with E-state index < -0.39 is 0 Å². The smallest absolute Gasteiger partial charge is 0.410 e. The Morgan fingerprint density at radius 3 is 2.54 bits per heavy atom. The maximum atomic E-state index is 12.2. The largest absolute Gasteiger partial charge is 0.445 e. The molecule has 2 fully saturated rings. The maximum Gasteiger partial charge on any atom is 0.410 e. The van der Waals surface area contributed by atoms with Crippen molar-refractivity contribution in [2.45, 2.75) is 50.8 Å². The summed E-state index contributed by atoms with van der Waals surface area (Å²) in [6.45, 7) is 2.04. The van der Waals surface area contributed by atoms with Crippen molar-refractivity contribution in [2.24, 2.45) is 5.92 Å². The third-order valence-corrected chi connectivity index (χ3v) is 5.04. The lowest BCUT2D eigenvalue weighted by Crippen LogP contribution is -2.46. The predicted octanol–water partition coefficient (Wildman–Crippen LogP) is 2.54. The first kappa shape index (κ1) is 17.2. The van der Waals surface area contributed by atoms with Gasteiger partial charge in [-0.1, -0.05) is 30.3 Å². The molecule has 0 bridgehead atoms.